The van der Waals surface area contributed by atoms with Gasteiger partial charge in [-0.15, -0.1) is 0 Å². The van der Waals surface area contributed by atoms with Gasteiger partial charge in [-0.25, -0.2) is 0 Å². The van der Waals surface area contributed by atoms with Crippen molar-refractivity contribution in [2.45, 2.75) is 32.2 Å². The summed E-state index contributed by atoms with van der Waals surface area (Å²) in [6, 6.07) is 5.66. The van der Waals surface area contributed by atoms with Gasteiger partial charge in [0.1, 0.15) is 0 Å². The number of amides is 1. The summed E-state index contributed by atoms with van der Waals surface area (Å²) in [5.74, 6) is -0.0257. The van der Waals surface area contributed by atoms with E-state index < -0.39 is 0 Å². The van der Waals surface area contributed by atoms with Crippen LogP contribution in [0.2, 0.25) is 0 Å². The number of nitrogens with one attached hydrogen (secondary N) is 2. The lowest BCUT2D eigenvalue weighted by atomic mass is 10.00. The highest BCUT2D eigenvalue weighted by Crippen LogP contribution is 2.21. The Labute approximate surface area is 106 Å². The van der Waals surface area contributed by atoms with Crippen molar-refractivity contribution in [3.8, 4) is 0 Å². The Morgan fingerprint density at radius 2 is 2.28 bits per heavy atom. The number of aromatic amines is 1. The SMILES string of the molecule is CC(C)(N)CCC(=O)Nc1cccc2[nH]ncc12. The summed E-state index contributed by atoms with van der Waals surface area (Å²) in [5, 5.41) is 10.6. The van der Waals surface area contributed by atoms with Crippen LogP contribution in [-0.2, 0) is 4.79 Å². The highest BCUT2D eigenvalue weighted by molar-refractivity contribution is 6.00. The van der Waals surface area contributed by atoms with E-state index >= 15 is 0 Å². The molecule has 2 rings (SSSR count). The summed E-state index contributed by atoms with van der Waals surface area (Å²) in [6.45, 7) is 3.83. The molecule has 0 saturated heterocycles. The third kappa shape index (κ3) is 3.07. The molecule has 4 N–H and O–H groups in total. The fourth-order valence-corrected chi connectivity index (χ4v) is 1.73. The van der Waals surface area contributed by atoms with Crippen LogP contribution in [0.25, 0.3) is 10.9 Å². The first-order valence-electron chi connectivity index (χ1n) is 5.96. The molecule has 96 valence electrons. The van der Waals surface area contributed by atoms with Crippen LogP contribution < -0.4 is 11.1 Å². The highest BCUT2D eigenvalue weighted by Gasteiger charge is 2.14. The number of hydrogen-bond acceptors (Lipinski definition) is 3. The molecule has 1 amide bonds. The lowest BCUT2D eigenvalue weighted by Gasteiger charge is -2.17. The molecular formula is C13H18N4O. The fraction of sp³-hybridized carbons (Fsp3) is 0.385. The van der Waals surface area contributed by atoms with Crippen LogP contribution in [0, 0.1) is 0 Å². The first kappa shape index (κ1) is 12.6. The molecule has 0 fully saturated rings. The molecule has 0 aliphatic rings. The maximum Gasteiger partial charge on any atom is 0.224 e. The molecule has 5 heteroatoms. The van der Waals surface area contributed by atoms with E-state index in [-0.39, 0.29) is 11.4 Å². The molecule has 0 spiro atoms. The van der Waals surface area contributed by atoms with Crippen molar-refractivity contribution in [3.63, 3.8) is 0 Å². The number of anilines is 1. The molecule has 0 bridgehead atoms. The Kier molecular flexibility index (Phi) is 3.34. The van der Waals surface area contributed by atoms with E-state index in [1.54, 1.807) is 6.20 Å². The third-order valence-electron chi connectivity index (χ3n) is 2.76. The molecule has 0 aliphatic heterocycles. The maximum atomic E-state index is 11.8. The van der Waals surface area contributed by atoms with Crippen molar-refractivity contribution in [1.29, 1.82) is 0 Å². The van der Waals surface area contributed by atoms with Crippen LogP contribution >= 0.6 is 0 Å². The quantitative estimate of drug-likeness (QED) is 0.771. The Morgan fingerprint density at radius 3 is 3.00 bits per heavy atom. The minimum atomic E-state index is -0.320. The highest BCUT2D eigenvalue weighted by atomic mass is 16.1. The zero-order valence-corrected chi connectivity index (χ0v) is 10.7. The molecule has 0 unspecified atom stereocenters. The summed E-state index contributed by atoms with van der Waals surface area (Å²) in [4.78, 5) is 11.8. The average Bonchev–Trinajstić information content (AvgIpc) is 2.74. The lowest BCUT2D eigenvalue weighted by Crippen LogP contribution is -2.33. The number of nitrogens with zero attached hydrogens (tertiary/aromatic N) is 1. The van der Waals surface area contributed by atoms with Gasteiger partial charge in [-0.2, -0.15) is 5.10 Å². The van der Waals surface area contributed by atoms with Crippen LogP contribution in [0.1, 0.15) is 26.7 Å². The lowest BCUT2D eigenvalue weighted by molar-refractivity contribution is -0.116. The first-order valence-corrected chi connectivity index (χ1v) is 5.96. The zero-order chi connectivity index (χ0) is 13.2. The van der Waals surface area contributed by atoms with Crippen molar-refractivity contribution < 1.29 is 4.79 Å². The van der Waals surface area contributed by atoms with Gasteiger partial charge in [0.05, 0.1) is 17.4 Å². The maximum absolute atomic E-state index is 11.8. The minimum absolute atomic E-state index is 0.0257. The molecule has 1 aromatic heterocycles. The average molecular weight is 246 g/mol. The van der Waals surface area contributed by atoms with E-state index in [1.165, 1.54) is 0 Å². The van der Waals surface area contributed by atoms with Gasteiger partial charge in [0.25, 0.3) is 0 Å². The fourth-order valence-electron chi connectivity index (χ4n) is 1.73. The number of H-pyrrole nitrogens is 1. The summed E-state index contributed by atoms with van der Waals surface area (Å²) in [6.07, 6.45) is 2.77. The standard InChI is InChI=1S/C13H18N4O/c1-13(2,14)7-6-12(18)16-10-4-3-5-11-9(10)8-15-17-11/h3-5,8H,6-7,14H2,1-2H3,(H,15,17)(H,16,18). The van der Waals surface area contributed by atoms with E-state index in [2.05, 4.69) is 15.5 Å². The van der Waals surface area contributed by atoms with Crippen LogP contribution in [-0.4, -0.2) is 21.6 Å². The molecular weight excluding hydrogens is 228 g/mol. The second-order valence-electron chi connectivity index (χ2n) is 5.17. The van der Waals surface area contributed by atoms with E-state index in [4.69, 9.17) is 5.73 Å². The van der Waals surface area contributed by atoms with Gasteiger partial charge in [-0.3, -0.25) is 9.89 Å². The molecule has 0 saturated carbocycles. The van der Waals surface area contributed by atoms with Gasteiger partial charge in [0, 0.05) is 17.3 Å². The largest absolute Gasteiger partial charge is 0.326 e. The molecule has 1 aromatic carbocycles. The van der Waals surface area contributed by atoms with Gasteiger partial charge in [0.15, 0.2) is 0 Å². The minimum Gasteiger partial charge on any atom is -0.326 e. The van der Waals surface area contributed by atoms with Gasteiger partial charge in [-0.05, 0) is 32.4 Å². The van der Waals surface area contributed by atoms with Gasteiger partial charge in [0.2, 0.25) is 5.91 Å². The molecule has 2 aromatic rings. The van der Waals surface area contributed by atoms with Crippen LogP contribution in [0.15, 0.2) is 24.4 Å². The second kappa shape index (κ2) is 4.78. The number of carbonyl (C=O) groups is 1. The Hall–Kier alpha value is -1.88. The van der Waals surface area contributed by atoms with Crippen molar-refractivity contribution in [3.05, 3.63) is 24.4 Å². The zero-order valence-electron chi connectivity index (χ0n) is 10.7. The van der Waals surface area contributed by atoms with E-state index in [9.17, 15) is 4.79 Å². The van der Waals surface area contributed by atoms with Crippen LogP contribution in [0.5, 0.6) is 0 Å². The molecule has 1 heterocycles. The number of hydrogen-bond donors (Lipinski definition) is 3. The Bertz CT molecular complexity index is 553. The van der Waals surface area contributed by atoms with E-state index in [0.29, 0.717) is 12.8 Å². The summed E-state index contributed by atoms with van der Waals surface area (Å²) in [7, 11) is 0. The molecule has 0 atom stereocenters. The molecule has 18 heavy (non-hydrogen) atoms. The van der Waals surface area contributed by atoms with Crippen molar-refractivity contribution in [1.82, 2.24) is 10.2 Å². The Morgan fingerprint density at radius 1 is 1.50 bits per heavy atom. The summed E-state index contributed by atoms with van der Waals surface area (Å²) in [5.41, 5.74) is 7.22. The second-order valence-corrected chi connectivity index (χ2v) is 5.17. The normalized spacial score (nSPS) is 11.7. The van der Waals surface area contributed by atoms with Crippen LogP contribution in [0.4, 0.5) is 5.69 Å². The van der Waals surface area contributed by atoms with Gasteiger partial charge >= 0.3 is 0 Å². The number of fused-ring (bicyclic) bond motifs is 1. The van der Waals surface area contributed by atoms with E-state index in [1.807, 2.05) is 32.0 Å². The molecule has 0 aliphatic carbocycles. The first-order chi connectivity index (χ1) is 8.46. The predicted molar refractivity (Wildman–Crippen MR) is 72.2 cm³/mol. The van der Waals surface area contributed by atoms with Gasteiger partial charge in [-0.1, -0.05) is 6.07 Å². The topological polar surface area (TPSA) is 83.8 Å². The molecule has 5 nitrogen and oxygen atoms in total. The van der Waals surface area contributed by atoms with Crippen LogP contribution in [0.3, 0.4) is 0 Å². The van der Waals surface area contributed by atoms with Crippen molar-refractivity contribution >= 4 is 22.5 Å². The summed E-state index contributed by atoms with van der Waals surface area (Å²) < 4.78 is 0. The monoisotopic (exact) mass is 246 g/mol. The van der Waals surface area contributed by atoms with Crippen molar-refractivity contribution in [2.24, 2.45) is 5.73 Å². The van der Waals surface area contributed by atoms with E-state index in [0.717, 1.165) is 16.6 Å². The summed E-state index contributed by atoms with van der Waals surface area (Å²) >= 11 is 0. The number of benzene rings is 1. The third-order valence-corrected chi connectivity index (χ3v) is 2.76. The van der Waals surface area contributed by atoms with Crippen molar-refractivity contribution in [2.75, 3.05) is 5.32 Å². The smallest absolute Gasteiger partial charge is 0.224 e. The number of nitrogens with two attached hydrogens (primary N) is 1. The Balaban J connectivity index is 2.05. The molecule has 0 radical (unpaired) electrons. The number of aromatic nitrogens is 2. The van der Waals surface area contributed by atoms with Gasteiger partial charge < -0.3 is 11.1 Å². The predicted octanol–water partition coefficient (Wildman–Crippen LogP) is 2.02. The number of carbonyl (C=O) groups excluding carboxylic acids is 1. The number of rotatable bonds is 4.